The lowest BCUT2D eigenvalue weighted by molar-refractivity contribution is -0.417. The maximum atomic E-state index is 13.7. The van der Waals surface area contributed by atoms with Gasteiger partial charge in [-0.25, -0.2) is 4.79 Å². The maximum Gasteiger partial charge on any atom is 0.510 e. The second kappa shape index (κ2) is 17.9. The van der Waals surface area contributed by atoms with Crippen LogP contribution in [0, 0.1) is 0 Å². The number of alkyl halides is 12. The van der Waals surface area contributed by atoms with Gasteiger partial charge in [0.05, 0.1) is 0 Å². The van der Waals surface area contributed by atoms with Gasteiger partial charge in [0.1, 0.15) is 5.60 Å². The van der Waals surface area contributed by atoms with Gasteiger partial charge < -0.3 is 18.9 Å². The minimum Gasteiger partial charge on any atom is -0.429 e. The maximum absolute atomic E-state index is 13.7. The van der Waals surface area contributed by atoms with Crippen molar-refractivity contribution >= 4 is 6.16 Å². The van der Waals surface area contributed by atoms with Gasteiger partial charge >= 0.3 is 36.5 Å². The van der Waals surface area contributed by atoms with Crippen LogP contribution in [0.1, 0.15) is 116 Å². The Kier molecular flexibility index (Phi) is 16.2. The van der Waals surface area contributed by atoms with Crippen LogP contribution in [0.4, 0.5) is 57.5 Å². The van der Waals surface area contributed by atoms with Gasteiger partial charge in [0, 0.05) is 17.7 Å². The van der Waals surface area contributed by atoms with Gasteiger partial charge in [0.25, 0.3) is 5.60 Å². The molecule has 0 bridgehead atoms. The zero-order valence-electron chi connectivity index (χ0n) is 30.8. The third-order valence-corrected chi connectivity index (χ3v) is 8.21. The van der Waals surface area contributed by atoms with E-state index in [-0.39, 0.29) is 24.9 Å². The molecule has 0 aliphatic carbocycles. The fraction of sp³-hybridized carbons (Fsp3) is 0.639. The van der Waals surface area contributed by atoms with Gasteiger partial charge in [-0.2, -0.15) is 52.7 Å². The van der Waals surface area contributed by atoms with Crippen LogP contribution >= 0.6 is 0 Å². The van der Waals surface area contributed by atoms with Crippen molar-refractivity contribution in [3.05, 3.63) is 70.8 Å². The summed E-state index contributed by atoms with van der Waals surface area (Å²) < 4.78 is 182. The van der Waals surface area contributed by atoms with E-state index < -0.39 is 65.1 Å². The van der Waals surface area contributed by atoms with Gasteiger partial charge in [-0.05, 0) is 69.9 Å². The SMILES string of the molecule is CCC(C)c1ccc(C(OC(=O)OC(C)(C)C)(C(F)(F)F)C(F)(F)F)cc1.CCOC(CC)OC(c1ccc(C(C)CC)cc1)(C(F)(F)F)C(F)(F)F. The molecule has 0 aliphatic heterocycles. The molecule has 0 aromatic heterocycles. The second-order valence-corrected chi connectivity index (χ2v) is 13.2. The number of benzene rings is 2. The number of halogens is 12. The van der Waals surface area contributed by atoms with E-state index in [2.05, 4.69) is 14.2 Å². The summed E-state index contributed by atoms with van der Waals surface area (Å²) in [6.07, 6.45) is -25.9. The lowest BCUT2D eigenvalue weighted by Crippen LogP contribution is -2.57. The van der Waals surface area contributed by atoms with E-state index in [1.807, 2.05) is 20.8 Å². The van der Waals surface area contributed by atoms with Crippen molar-refractivity contribution in [2.24, 2.45) is 0 Å². The zero-order chi connectivity index (χ0) is 41.4. The molecule has 304 valence electrons. The third kappa shape index (κ3) is 11.4. The molecule has 3 atom stereocenters. The Morgan fingerprint density at radius 2 is 0.887 bits per heavy atom. The number of hydrogen-bond donors (Lipinski definition) is 0. The molecule has 3 unspecified atom stereocenters. The molecule has 17 heteroatoms. The molecule has 0 N–H and O–H groups in total. The van der Waals surface area contributed by atoms with E-state index in [0.717, 1.165) is 24.3 Å². The Labute approximate surface area is 301 Å². The smallest absolute Gasteiger partial charge is 0.429 e. The van der Waals surface area contributed by atoms with Crippen molar-refractivity contribution in [3.63, 3.8) is 0 Å². The highest BCUT2D eigenvalue weighted by molar-refractivity contribution is 5.62. The molecule has 5 nitrogen and oxygen atoms in total. The highest BCUT2D eigenvalue weighted by Gasteiger charge is 2.76. The molecule has 0 amide bonds. The van der Waals surface area contributed by atoms with Crippen LogP contribution in [0.15, 0.2) is 48.5 Å². The first kappa shape index (κ1) is 47.8. The summed E-state index contributed by atoms with van der Waals surface area (Å²) >= 11 is 0. The average Bonchev–Trinajstić information content (AvgIpc) is 3.02. The predicted molar refractivity (Wildman–Crippen MR) is 172 cm³/mol. The molecule has 0 aliphatic rings. The van der Waals surface area contributed by atoms with E-state index in [1.165, 1.54) is 46.8 Å². The van der Waals surface area contributed by atoms with E-state index in [4.69, 9.17) is 4.74 Å². The summed E-state index contributed by atoms with van der Waals surface area (Å²) in [7, 11) is 0. The Bertz CT molecular complexity index is 1380. The first-order chi connectivity index (χ1) is 24.0. The minimum absolute atomic E-state index is 0.0166. The normalized spacial score (nSPS) is 15.2. The lowest BCUT2D eigenvalue weighted by Gasteiger charge is -2.39. The lowest BCUT2D eigenvalue weighted by atomic mass is 9.89. The Balaban J connectivity index is 0.000000530. The second-order valence-electron chi connectivity index (χ2n) is 13.2. The number of ether oxygens (including phenoxy) is 4. The highest BCUT2D eigenvalue weighted by atomic mass is 19.4. The first-order valence-electron chi connectivity index (χ1n) is 16.7. The van der Waals surface area contributed by atoms with Crippen LogP contribution in [0.3, 0.4) is 0 Å². The van der Waals surface area contributed by atoms with E-state index in [9.17, 15) is 57.5 Å². The quantitative estimate of drug-likeness (QED) is 0.122. The minimum atomic E-state index is -5.96. The van der Waals surface area contributed by atoms with E-state index in [0.29, 0.717) is 36.1 Å². The standard InChI is InChI=1S/C18H22F6O3.C18H24F6O2/c1-6-11(2)12-7-9-13(10-8-12)16(17(19,20)21,18(22,23)24)27-14(25)26-15(3,4)5;1-5-12(4)13-8-10-14(11-9-13)16(17(19,20)21,18(22,23)24)26-15(6-2)25-7-3/h7-11H,6H2,1-5H3;8-12,15H,5-7H2,1-4H3. The van der Waals surface area contributed by atoms with Crippen LogP contribution in [-0.2, 0) is 30.1 Å². The van der Waals surface area contributed by atoms with Crippen molar-refractivity contribution in [3.8, 4) is 0 Å². The molecule has 0 saturated heterocycles. The molecular weight excluding hydrogens is 740 g/mol. The third-order valence-electron chi connectivity index (χ3n) is 8.21. The van der Waals surface area contributed by atoms with Gasteiger partial charge in [0.15, 0.2) is 6.29 Å². The van der Waals surface area contributed by atoms with Crippen LogP contribution in [0.5, 0.6) is 0 Å². The summed E-state index contributed by atoms with van der Waals surface area (Å²) in [5.74, 6) is -0.0417. The number of carbonyl (C=O) groups is 1. The Hall–Kier alpha value is -3.21. The monoisotopic (exact) mass is 786 g/mol. The number of rotatable bonds is 12. The fourth-order valence-electron chi connectivity index (χ4n) is 4.93. The van der Waals surface area contributed by atoms with Gasteiger partial charge in [-0.3, -0.25) is 0 Å². The topological polar surface area (TPSA) is 54.0 Å². The summed E-state index contributed by atoms with van der Waals surface area (Å²) in [6.45, 7) is 14.0. The molecule has 0 spiro atoms. The van der Waals surface area contributed by atoms with Crippen molar-refractivity contribution in [2.45, 2.75) is 141 Å². The Morgan fingerprint density at radius 1 is 0.547 bits per heavy atom. The molecule has 0 heterocycles. The molecule has 0 radical (unpaired) electrons. The molecule has 53 heavy (non-hydrogen) atoms. The summed E-state index contributed by atoms with van der Waals surface area (Å²) in [5, 5.41) is 0. The van der Waals surface area contributed by atoms with Crippen LogP contribution in [-0.4, -0.2) is 49.4 Å². The van der Waals surface area contributed by atoms with Gasteiger partial charge in [0.2, 0.25) is 0 Å². The number of hydrogen-bond acceptors (Lipinski definition) is 5. The van der Waals surface area contributed by atoms with E-state index >= 15 is 0 Å². The molecule has 2 aromatic carbocycles. The average molecular weight is 787 g/mol. The zero-order valence-corrected chi connectivity index (χ0v) is 30.8. The summed E-state index contributed by atoms with van der Waals surface area (Å²) in [5.41, 5.74) is -11.7. The Morgan fingerprint density at radius 3 is 1.15 bits per heavy atom. The van der Waals surface area contributed by atoms with Crippen LogP contribution < -0.4 is 0 Å². The summed E-state index contributed by atoms with van der Waals surface area (Å²) in [6, 6.07) is 7.89. The highest BCUT2D eigenvalue weighted by Crippen LogP contribution is 2.55. The largest absolute Gasteiger partial charge is 0.510 e. The first-order valence-corrected chi connectivity index (χ1v) is 16.7. The molecule has 2 rings (SSSR count). The van der Waals surface area contributed by atoms with Crippen molar-refractivity contribution in [1.82, 2.24) is 0 Å². The molecule has 2 aromatic rings. The molecular formula is C36H46F12O5. The van der Waals surface area contributed by atoms with E-state index in [1.54, 1.807) is 6.92 Å². The van der Waals surface area contributed by atoms with Gasteiger partial charge in [-0.1, -0.05) is 83.1 Å². The van der Waals surface area contributed by atoms with Crippen molar-refractivity contribution in [2.75, 3.05) is 6.61 Å². The molecule has 0 fully saturated rings. The van der Waals surface area contributed by atoms with Crippen molar-refractivity contribution < 1.29 is 76.4 Å². The summed E-state index contributed by atoms with van der Waals surface area (Å²) in [4.78, 5) is 11.7. The van der Waals surface area contributed by atoms with Crippen LogP contribution in [0.2, 0.25) is 0 Å². The van der Waals surface area contributed by atoms with Crippen molar-refractivity contribution in [1.29, 1.82) is 0 Å². The van der Waals surface area contributed by atoms with Gasteiger partial charge in [-0.15, -0.1) is 0 Å². The number of carbonyl (C=O) groups excluding carboxylic acids is 1. The molecule has 0 saturated carbocycles. The predicted octanol–water partition coefficient (Wildman–Crippen LogP) is 12.8. The van der Waals surface area contributed by atoms with Crippen LogP contribution in [0.25, 0.3) is 0 Å². The fourth-order valence-corrected chi connectivity index (χ4v) is 4.93.